The summed E-state index contributed by atoms with van der Waals surface area (Å²) < 4.78 is 8.29. The van der Waals surface area contributed by atoms with Gasteiger partial charge >= 0.3 is 0 Å². The Morgan fingerprint density at radius 1 is 0.917 bits per heavy atom. The summed E-state index contributed by atoms with van der Waals surface area (Å²) >= 11 is 0. The van der Waals surface area contributed by atoms with Gasteiger partial charge in [0, 0.05) is 44.7 Å². The zero-order valence-electron chi connectivity index (χ0n) is 20.9. The lowest BCUT2D eigenvalue weighted by Crippen LogP contribution is -2.48. The van der Waals surface area contributed by atoms with Crippen LogP contribution in [-0.2, 0) is 19.7 Å². The van der Waals surface area contributed by atoms with Crippen molar-refractivity contribution in [2.75, 3.05) is 26.2 Å². The highest BCUT2D eigenvalue weighted by molar-refractivity contribution is 6.00. The average Bonchev–Trinajstić information content (AvgIpc) is 3.27. The van der Waals surface area contributed by atoms with Gasteiger partial charge < -0.3 is 14.2 Å². The normalized spacial score (nSPS) is 14.2. The Hall–Kier alpha value is -3.83. The lowest BCUT2D eigenvalue weighted by atomic mass is 10.1. The number of fused-ring (bicyclic) bond motifs is 1. The van der Waals surface area contributed by atoms with Crippen molar-refractivity contribution >= 4 is 16.8 Å². The molecule has 36 heavy (non-hydrogen) atoms. The number of hydrogen-bond acceptors (Lipinski definition) is 3. The van der Waals surface area contributed by atoms with Crippen molar-refractivity contribution in [2.24, 2.45) is 0 Å². The highest BCUT2D eigenvalue weighted by Crippen LogP contribution is 2.31. The molecule has 5 rings (SSSR count). The van der Waals surface area contributed by atoms with Gasteiger partial charge in [-0.2, -0.15) is 0 Å². The Kier molecular flexibility index (Phi) is 7.19. The number of carbonyl (C=O) groups excluding carboxylic acids is 1. The molecule has 3 aromatic carbocycles. The molecular formula is C31H33N3O2. The minimum Gasteiger partial charge on any atom is -0.488 e. The molecule has 184 valence electrons. The number of nitrogens with zero attached hydrogens (tertiary/aromatic N) is 3. The Labute approximate surface area is 213 Å². The van der Waals surface area contributed by atoms with Crippen LogP contribution in [0.15, 0.2) is 91.5 Å². The molecule has 0 radical (unpaired) electrons. The number of amides is 1. The zero-order valence-corrected chi connectivity index (χ0v) is 20.9. The molecule has 2 heterocycles. The van der Waals surface area contributed by atoms with Crippen molar-refractivity contribution in [3.05, 3.63) is 114 Å². The van der Waals surface area contributed by atoms with E-state index in [4.69, 9.17) is 4.74 Å². The van der Waals surface area contributed by atoms with Crippen LogP contribution in [0.1, 0.15) is 27.2 Å². The first-order valence-corrected chi connectivity index (χ1v) is 12.6. The van der Waals surface area contributed by atoms with Gasteiger partial charge in [-0.05, 0) is 36.2 Å². The smallest absolute Gasteiger partial charge is 0.270 e. The molecule has 1 saturated heterocycles. The van der Waals surface area contributed by atoms with Crippen LogP contribution in [0.2, 0.25) is 0 Å². The van der Waals surface area contributed by atoms with E-state index >= 15 is 0 Å². The number of aryl methyl sites for hydroxylation is 1. The fourth-order valence-electron chi connectivity index (χ4n) is 4.96. The van der Waals surface area contributed by atoms with E-state index in [9.17, 15) is 4.79 Å². The SMILES string of the molecule is C=CCn1c(C(=O)N2CCN(Cc3ccccc3)CC2)cc2c(OCc3cccc(C)c3)cccc21. The first kappa shape index (κ1) is 23.9. The third-order valence-electron chi connectivity index (χ3n) is 6.82. The molecule has 1 aromatic heterocycles. The lowest BCUT2D eigenvalue weighted by molar-refractivity contribution is 0.0619. The Morgan fingerprint density at radius 3 is 2.42 bits per heavy atom. The predicted molar refractivity (Wildman–Crippen MR) is 145 cm³/mol. The topological polar surface area (TPSA) is 37.7 Å². The second-order valence-corrected chi connectivity index (χ2v) is 9.45. The average molecular weight is 480 g/mol. The van der Waals surface area contributed by atoms with E-state index in [2.05, 4.69) is 65.4 Å². The van der Waals surface area contributed by atoms with Gasteiger partial charge in [0.15, 0.2) is 0 Å². The maximum Gasteiger partial charge on any atom is 0.270 e. The van der Waals surface area contributed by atoms with E-state index in [1.165, 1.54) is 11.1 Å². The number of hydrogen-bond donors (Lipinski definition) is 0. The van der Waals surface area contributed by atoms with Crippen molar-refractivity contribution < 1.29 is 9.53 Å². The second-order valence-electron chi connectivity index (χ2n) is 9.45. The van der Waals surface area contributed by atoms with Gasteiger partial charge in [-0.15, -0.1) is 6.58 Å². The third-order valence-corrected chi connectivity index (χ3v) is 6.82. The van der Waals surface area contributed by atoms with Gasteiger partial charge in [0.1, 0.15) is 18.1 Å². The first-order chi connectivity index (χ1) is 17.6. The van der Waals surface area contributed by atoms with Gasteiger partial charge in [0.05, 0.1) is 5.52 Å². The highest BCUT2D eigenvalue weighted by atomic mass is 16.5. The maximum absolute atomic E-state index is 13.7. The summed E-state index contributed by atoms with van der Waals surface area (Å²) in [6.07, 6.45) is 1.84. The molecule has 1 fully saturated rings. The fourth-order valence-corrected chi connectivity index (χ4v) is 4.96. The molecule has 5 nitrogen and oxygen atoms in total. The molecule has 0 bridgehead atoms. The highest BCUT2D eigenvalue weighted by Gasteiger charge is 2.26. The molecular weight excluding hydrogens is 446 g/mol. The molecule has 0 unspecified atom stereocenters. The molecule has 0 N–H and O–H groups in total. The summed E-state index contributed by atoms with van der Waals surface area (Å²) in [6.45, 7) is 11.2. The summed E-state index contributed by atoms with van der Waals surface area (Å²) in [7, 11) is 0. The molecule has 0 saturated carbocycles. The quantitative estimate of drug-likeness (QED) is 0.306. The third kappa shape index (κ3) is 5.21. The summed E-state index contributed by atoms with van der Waals surface area (Å²) in [6, 6.07) is 26.9. The molecule has 1 amide bonds. The van der Waals surface area contributed by atoms with Crippen molar-refractivity contribution in [1.82, 2.24) is 14.4 Å². The van der Waals surface area contributed by atoms with Crippen LogP contribution in [-0.4, -0.2) is 46.5 Å². The summed E-state index contributed by atoms with van der Waals surface area (Å²) in [4.78, 5) is 18.1. The molecule has 5 heteroatoms. The summed E-state index contributed by atoms with van der Waals surface area (Å²) in [5, 5.41) is 0.957. The standard InChI is InChI=1S/C31H33N3O2/c1-3-15-34-28-13-8-14-30(36-23-26-12-7-9-24(2)20-26)27(28)21-29(34)31(35)33-18-16-32(17-19-33)22-25-10-5-4-6-11-25/h3-14,20-21H,1,15-19,22-23H2,2H3. The van der Waals surface area contributed by atoms with E-state index < -0.39 is 0 Å². The zero-order chi connectivity index (χ0) is 24.9. The number of carbonyl (C=O) groups is 1. The van der Waals surface area contributed by atoms with Crippen molar-refractivity contribution in [3.8, 4) is 5.75 Å². The van der Waals surface area contributed by atoms with Gasteiger partial charge in [-0.1, -0.05) is 72.3 Å². The minimum atomic E-state index is 0.0667. The van der Waals surface area contributed by atoms with E-state index in [1.54, 1.807) is 0 Å². The van der Waals surface area contributed by atoms with Crippen LogP contribution >= 0.6 is 0 Å². The fraction of sp³-hybridized carbons (Fsp3) is 0.258. The van der Waals surface area contributed by atoms with E-state index in [0.717, 1.165) is 54.9 Å². The monoisotopic (exact) mass is 479 g/mol. The number of ether oxygens (including phenoxy) is 1. The summed E-state index contributed by atoms with van der Waals surface area (Å²) in [5.41, 5.74) is 5.32. The Morgan fingerprint density at radius 2 is 1.67 bits per heavy atom. The van der Waals surface area contributed by atoms with Gasteiger partial charge in [0.25, 0.3) is 5.91 Å². The van der Waals surface area contributed by atoms with Gasteiger partial charge in [-0.3, -0.25) is 9.69 Å². The number of allylic oxidation sites excluding steroid dienone is 1. The number of rotatable bonds is 8. The van der Waals surface area contributed by atoms with Crippen LogP contribution in [0.5, 0.6) is 5.75 Å². The molecule has 0 spiro atoms. The van der Waals surface area contributed by atoms with Crippen molar-refractivity contribution in [1.29, 1.82) is 0 Å². The first-order valence-electron chi connectivity index (χ1n) is 12.6. The Balaban J connectivity index is 1.34. The van der Waals surface area contributed by atoms with E-state index in [1.807, 2.05) is 47.4 Å². The van der Waals surface area contributed by atoms with Gasteiger partial charge in [0.2, 0.25) is 0 Å². The minimum absolute atomic E-state index is 0.0667. The molecule has 0 aliphatic carbocycles. The number of aromatic nitrogens is 1. The molecule has 1 aliphatic heterocycles. The van der Waals surface area contributed by atoms with Crippen molar-refractivity contribution in [2.45, 2.75) is 26.6 Å². The Bertz CT molecular complexity index is 1350. The van der Waals surface area contributed by atoms with Crippen LogP contribution in [0.3, 0.4) is 0 Å². The van der Waals surface area contributed by atoms with Crippen LogP contribution < -0.4 is 4.74 Å². The molecule has 1 aliphatic rings. The van der Waals surface area contributed by atoms with Crippen LogP contribution in [0.4, 0.5) is 0 Å². The van der Waals surface area contributed by atoms with Crippen LogP contribution in [0.25, 0.3) is 10.9 Å². The maximum atomic E-state index is 13.7. The molecule has 0 atom stereocenters. The van der Waals surface area contributed by atoms with Crippen LogP contribution in [0, 0.1) is 6.92 Å². The van der Waals surface area contributed by atoms with Crippen molar-refractivity contribution in [3.63, 3.8) is 0 Å². The van der Waals surface area contributed by atoms with Gasteiger partial charge in [-0.25, -0.2) is 0 Å². The second kappa shape index (κ2) is 10.8. The lowest BCUT2D eigenvalue weighted by Gasteiger charge is -2.34. The largest absolute Gasteiger partial charge is 0.488 e. The number of piperazine rings is 1. The van der Waals surface area contributed by atoms with E-state index in [0.29, 0.717) is 18.8 Å². The molecule has 4 aromatic rings. The predicted octanol–water partition coefficient (Wildman–Crippen LogP) is 5.67. The van der Waals surface area contributed by atoms with E-state index in [-0.39, 0.29) is 5.91 Å². The number of benzene rings is 3. The summed E-state index contributed by atoms with van der Waals surface area (Å²) in [5.74, 6) is 0.857.